The molecule has 0 aromatic rings. The van der Waals surface area contributed by atoms with Crippen molar-refractivity contribution in [1.82, 2.24) is 5.32 Å². The van der Waals surface area contributed by atoms with Gasteiger partial charge in [0.25, 0.3) is 0 Å². The third-order valence-electron chi connectivity index (χ3n) is 2.43. The Morgan fingerprint density at radius 1 is 1.75 bits per heavy atom. The van der Waals surface area contributed by atoms with Crippen LogP contribution in [0.15, 0.2) is 0 Å². The van der Waals surface area contributed by atoms with Crippen molar-refractivity contribution in [1.29, 1.82) is 0 Å². The first kappa shape index (κ1) is 9.95. The molecule has 1 saturated heterocycles. The molecule has 0 amide bonds. The summed E-state index contributed by atoms with van der Waals surface area (Å²) in [5.41, 5.74) is 0. The average molecular weight is 183 g/mol. The zero-order valence-electron chi connectivity index (χ0n) is 7.89. The standard InChI is InChI=1S/C10H17NS/c1-4-9(11-5-2)10(3)7-6-8-12-10/h1,9,11H,5-8H2,2-3H3. The summed E-state index contributed by atoms with van der Waals surface area (Å²) in [5, 5.41) is 3.36. The smallest absolute Gasteiger partial charge is 0.0832 e. The maximum absolute atomic E-state index is 5.50. The fraction of sp³-hybridized carbons (Fsp3) is 0.800. The van der Waals surface area contributed by atoms with Crippen LogP contribution >= 0.6 is 11.8 Å². The molecule has 0 saturated carbocycles. The summed E-state index contributed by atoms with van der Waals surface area (Å²) in [7, 11) is 0. The SMILES string of the molecule is C#CC(NCC)C1(C)CCCS1. The Morgan fingerprint density at radius 2 is 2.50 bits per heavy atom. The highest BCUT2D eigenvalue weighted by Gasteiger charge is 2.36. The largest absolute Gasteiger partial charge is 0.303 e. The molecule has 0 aromatic heterocycles. The van der Waals surface area contributed by atoms with E-state index < -0.39 is 0 Å². The topological polar surface area (TPSA) is 12.0 Å². The van der Waals surface area contributed by atoms with Gasteiger partial charge in [-0.2, -0.15) is 11.8 Å². The molecule has 2 atom stereocenters. The van der Waals surface area contributed by atoms with E-state index in [1.54, 1.807) is 0 Å². The van der Waals surface area contributed by atoms with E-state index in [2.05, 4.69) is 25.1 Å². The Hall–Kier alpha value is -0.130. The third kappa shape index (κ3) is 1.97. The van der Waals surface area contributed by atoms with Crippen LogP contribution in [0.3, 0.4) is 0 Å². The molecule has 0 aliphatic carbocycles. The molecule has 1 N–H and O–H groups in total. The van der Waals surface area contributed by atoms with E-state index in [0.29, 0.717) is 0 Å². The first-order chi connectivity index (χ1) is 5.73. The van der Waals surface area contributed by atoms with Gasteiger partial charge in [0.05, 0.1) is 6.04 Å². The van der Waals surface area contributed by atoms with Gasteiger partial charge in [-0.05, 0) is 32.1 Å². The average Bonchev–Trinajstić information content (AvgIpc) is 2.49. The minimum Gasteiger partial charge on any atom is -0.303 e. The summed E-state index contributed by atoms with van der Waals surface area (Å²) in [6.07, 6.45) is 8.06. The minimum atomic E-state index is 0.245. The molecule has 2 heteroatoms. The Balaban J connectivity index is 2.58. The number of thioether (sulfide) groups is 1. The van der Waals surface area contributed by atoms with Crippen molar-refractivity contribution in [3.63, 3.8) is 0 Å². The molecule has 0 radical (unpaired) electrons. The maximum atomic E-state index is 5.50. The summed E-state index contributed by atoms with van der Waals surface area (Å²) in [6.45, 7) is 5.34. The van der Waals surface area contributed by atoms with Crippen molar-refractivity contribution < 1.29 is 0 Å². The minimum absolute atomic E-state index is 0.245. The lowest BCUT2D eigenvalue weighted by Gasteiger charge is -2.29. The molecule has 1 aliphatic heterocycles. The zero-order valence-corrected chi connectivity index (χ0v) is 8.71. The second kappa shape index (κ2) is 4.20. The van der Waals surface area contributed by atoms with Crippen molar-refractivity contribution in [3.05, 3.63) is 0 Å². The van der Waals surface area contributed by atoms with Crippen molar-refractivity contribution in [3.8, 4) is 12.3 Å². The summed E-state index contributed by atoms with van der Waals surface area (Å²) >= 11 is 2.01. The van der Waals surface area contributed by atoms with Gasteiger partial charge in [0.15, 0.2) is 0 Å². The van der Waals surface area contributed by atoms with Gasteiger partial charge in [-0.15, -0.1) is 6.42 Å². The van der Waals surface area contributed by atoms with Crippen LogP contribution in [0, 0.1) is 12.3 Å². The Morgan fingerprint density at radius 3 is 2.92 bits per heavy atom. The van der Waals surface area contributed by atoms with Crippen molar-refractivity contribution >= 4 is 11.8 Å². The van der Waals surface area contributed by atoms with Gasteiger partial charge in [0.2, 0.25) is 0 Å². The number of terminal acetylenes is 1. The maximum Gasteiger partial charge on any atom is 0.0832 e. The summed E-state index contributed by atoms with van der Waals surface area (Å²) in [6, 6.07) is 0.245. The van der Waals surface area contributed by atoms with Gasteiger partial charge < -0.3 is 5.32 Å². The molecule has 2 unspecified atom stereocenters. The van der Waals surface area contributed by atoms with E-state index in [1.807, 2.05) is 11.8 Å². The first-order valence-electron chi connectivity index (χ1n) is 4.56. The third-order valence-corrected chi connectivity index (χ3v) is 4.03. The van der Waals surface area contributed by atoms with Gasteiger partial charge in [-0.25, -0.2) is 0 Å². The first-order valence-corrected chi connectivity index (χ1v) is 5.55. The predicted molar refractivity (Wildman–Crippen MR) is 56.4 cm³/mol. The van der Waals surface area contributed by atoms with Crippen LogP contribution in [-0.4, -0.2) is 23.1 Å². The van der Waals surface area contributed by atoms with Gasteiger partial charge in [0, 0.05) is 4.75 Å². The molecule has 1 rings (SSSR count). The number of nitrogens with one attached hydrogen (secondary N) is 1. The van der Waals surface area contributed by atoms with Crippen LogP contribution in [0.5, 0.6) is 0 Å². The quantitative estimate of drug-likeness (QED) is 0.671. The van der Waals surface area contributed by atoms with Gasteiger partial charge in [-0.3, -0.25) is 0 Å². The van der Waals surface area contributed by atoms with Crippen molar-refractivity contribution in [2.24, 2.45) is 0 Å². The lowest BCUT2D eigenvalue weighted by Crippen LogP contribution is -2.44. The predicted octanol–water partition coefficient (Wildman–Crippen LogP) is 1.88. The van der Waals surface area contributed by atoms with Crippen LogP contribution in [0.2, 0.25) is 0 Å². The van der Waals surface area contributed by atoms with Gasteiger partial charge in [-0.1, -0.05) is 12.8 Å². The zero-order chi connectivity index (χ0) is 9.03. The van der Waals surface area contributed by atoms with Crippen LogP contribution < -0.4 is 5.32 Å². The monoisotopic (exact) mass is 183 g/mol. The highest BCUT2D eigenvalue weighted by atomic mass is 32.2. The van der Waals surface area contributed by atoms with Crippen molar-refractivity contribution in [2.45, 2.75) is 37.5 Å². The Kier molecular flexibility index (Phi) is 3.49. The van der Waals surface area contributed by atoms with Gasteiger partial charge in [0.1, 0.15) is 0 Å². The lowest BCUT2D eigenvalue weighted by atomic mass is 9.97. The van der Waals surface area contributed by atoms with Crippen LogP contribution in [-0.2, 0) is 0 Å². The highest BCUT2D eigenvalue weighted by Crippen LogP contribution is 2.40. The number of hydrogen-bond acceptors (Lipinski definition) is 2. The van der Waals surface area contributed by atoms with Gasteiger partial charge >= 0.3 is 0 Å². The highest BCUT2D eigenvalue weighted by molar-refractivity contribution is 8.00. The normalized spacial score (nSPS) is 31.4. The fourth-order valence-corrected chi connectivity index (χ4v) is 3.05. The molecular formula is C10H17NS. The van der Waals surface area contributed by atoms with E-state index in [4.69, 9.17) is 6.42 Å². The molecule has 1 nitrogen and oxygen atoms in total. The number of rotatable bonds is 3. The second-order valence-corrected chi connectivity index (χ2v) is 5.05. The lowest BCUT2D eigenvalue weighted by molar-refractivity contribution is 0.481. The molecule has 0 aromatic carbocycles. The molecule has 0 spiro atoms. The van der Waals surface area contributed by atoms with E-state index in [0.717, 1.165) is 6.54 Å². The molecule has 1 fully saturated rings. The summed E-state index contributed by atoms with van der Waals surface area (Å²) < 4.78 is 0.282. The fourth-order valence-electron chi connectivity index (χ4n) is 1.68. The molecule has 68 valence electrons. The Bertz CT molecular complexity index is 177. The Labute approximate surface area is 79.7 Å². The van der Waals surface area contributed by atoms with Crippen LogP contribution in [0.4, 0.5) is 0 Å². The molecule has 1 aliphatic rings. The van der Waals surface area contributed by atoms with Crippen LogP contribution in [0.1, 0.15) is 26.7 Å². The summed E-state index contributed by atoms with van der Waals surface area (Å²) in [4.78, 5) is 0. The molecule has 0 bridgehead atoms. The second-order valence-electron chi connectivity index (χ2n) is 3.42. The molecule has 12 heavy (non-hydrogen) atoms. The summed E-state index contributed by atoms with van der Waals surface area (Å²) in [5.74, 6) is 4.12. The van der Waals surface area contributed by atoms with E-state index in [9.17, 15) is 0 Å². The van der Waals surface area contributed by atoms with Crippen LogP contribution in [0.25, 0.3) is 0 Å². The molecular weight excluding hydrogens is 166 g/mol. The number of hydrogen-bond donors (Lipinski definition) is 1. The van der Waals surface area contributed by atoms with E-state index >= 15 is 0 Å². The van der Waals surface area contributed by atoms with Crippen molar-refractivity contribution in [2.75, 3.05) is 12.3 Å². The van der Waals surface area contributed by atoms with E-state index in [1.165, 1.54) is 18.6 Å². The van der Waals surface area contributed by atoms with E-state index in [-0.39, 0.29) is 10.8 Å². The molecule has 1 heterocycles.